The molecule has 0 fully saturated rings. The van der Waals surface area contributed by atoms with E-state index in [4.69, 9.17) is 16.3 Å². The Bertz CT molecular complexity index is 1370. The Hall–Kier alpha value is -3.56. The molecule has 0 aliphatic rings. The zero-order valence-electron chi connectivity index (χ0n) is 23.0. The summed E-state index contributed by atoms with van der Waals surface area (Å²) in [6.07, 6.45) is 2.76. The first-order chi connectivity index (χ1) is 19.1. The first-order valence-electron chi connectivity index (χ1n) is 13.1. The number of nitrogens with one attached hydrogen (secondary N) is 1. The fourth-order valence-corrected chi connectivity index (χ4v) is 5.04. The van der Waals surface area contributed by atoms with Gasteiger partial charge >= 0.3 is 0 Å². The smallest absolute Gasteiger partial charge is 0.244 e. The van der Waals surface area contributed by atoms with Crippen molar-refractivity contribution in [1.29, 1.82) is 0 Å². The van der Waals surface area contributed by atoms with Crippen molar-refractivity contribution in [2.75, 3.05) is 23.7 Å². The van der Waals surface area contributed by atoms with Crippen LogP contribution in [0.15, 0.2) is 78.9 Å². The molecule has 3 aromatic carbocycles. The summed E-state index contributed by atoms with van der Waals surface area (Å²) in [6.45, 7) is 4.06. The van der Waals surface area contributed by atoms with E-state index in [1.54, 1.807) is 55.5 Å². The highest BCUT2D eigenvalue weighted by atomic mass is 35.5. The number of amides is 2. The maximum Gasteiger partial charge on any atom is 0.244 e. The third-order valence-corrected chi connectivity index (χ3v) is 7.86. The maximum absolute atomic E-state index is 13.7. The lowest BCUT2D eigenvalue weighted by atomic mass is 10.1. The number of rotatable bonds is 14. The molecule has 8 nitrogen and oxygen atoms in total. The van der Waals surface area contributed by atoms with Gasteiger partial charge in [-0.05, 0) is 54.8 Å². The number of carbonyl (C=O) groups excluding carboxylic acids is 2. The Morgan fingerprint density at radius 1 is 0.975 bits per heavy atom. The van der Waals surface area contributed by atoms with Crippen molar-refractivity contribution < 1.29 is 22.7 Å². The number of hydrogen-bond acceptors (Lipinski definition) is 5. The standard InChI is InChI=1S/C30H36ClN3O5S/c1-4-5-19-32-30(36)23(2)33(20-25-13-9-10-14-28(25)31)29(35)21-34(40(3,37)38)26-15-17-27(18-16-26)39-22-24-11-7-6-8-12-24/h6-18,23H,4-5,19-22H2,1-3H3,(H,32,36)/t23-/m1/s1. The van der Waals surface area contributed by atoms with Gasteiger partial charge in [-0.15, -0.1) is 0 Å². The van der Waals surface area contributed by atoms with Crippen LogP contribution in [0.3, 0.4) is 0 Å². The number of benzene rings is 3. The fraction of sp³-hybridized carbons (Fsp3) is 0.333. The topological polar surface area (TPSA) is 96.0 Å². The number of sulfonamides is 1. The molecule has 0 radical (unpaired) electrons. The highest BCUT2D eigenvalue weighted by Crippen LogP contribution is 2.24. The second kappa shape index (κ2) is 14.7. The molecule has 40 heavy (non-hydrogen) atoms. The van der Waals surface area contributed by atoms with Gasteiger partial charge in [0.2, 0.25) is 21.8 Å². The van der Waals surface area contributed by atoms with Gasteiger partial charge in [-0.2, -0.15) is 0 Å². The third-order valence-electron chi connectivity index (χ3n) is 6.35. The van der Waals surface area contributed by atoms with Gasteiger partial charge in [0.05, 0.1) is 11.9 Å². The van der Waals surface area contributed by atoms with E-state index in [2.05, 4.69) is 5.32 Å². The Kier molecular flexibility index (Phi) is 11.4. The molecule has 0 spiro atoms. The average Bonchev–Trinajstić information content (AvgIpc) is 2.94. The first kappa shape index (κ1) is 31.0. The Balaban J connectivity index is 1.81. The maximum atomic E-state index is 13.7. The Morgan fingerprint density at radius 3 is 2.25 bits per heavy atom. The molecule has 0 heterocycles. The molecule has 214 valence electrons. The molecule has 0 saturated carbocycles. The van der Waals surface area contributed by atoms with Crippen molar-refractivity contribution >= 4 is 39.1 Å². The minimum atomic E-state index is -3.84. The summed E-state index contributed by atoms with van der Waals surface area (Å²) in [5, 5.41) is 3.30. The van der Waals surface area contributed by atoms with E-state index in [1.807, 2.05) is 37.3 Å². The molecule has 0 aromatic heterocycles. The average molecular weight is 586 g/mol. The Morgan fingerprint density at radius 2 is 1.62 bits per heavy atom. The van der Waals surface area contributed by atoms with Crippen molar-refractivity contribution in [3.05, 3.63) is 95.0 Å². The second-order valence-electron chi connectivity index (χ2n) is 9.47. The van der Waals surface area contributed by atoms with Crippen LogP contribution < -0.4 is 14.4 Å². The van der Waals surface area contributed by atoms with E-state index < -0.39 is 28.5 Å². The summed E-state index contributed by atoms with van der Waals surface area (Å²) in [4.78, 5) is 27.9. The van der Waals surface area contributed by atoms with Crippen LogP contribution in [-0.2, 0) is 32.8 Å². The van der Waals surface area contributed by atoms with E-state index in [0.717, 1.165) is 29.0 Å². The van der Waals surface area contributed by atoms with Crippen LogP contribution in [0, 0.1) is 0 Å². The summed E-state index contributed by atoms with van der Waals surface area (Å²) >= 11 is 6.36. The highest BCUT2D eigenvalue weighted by molar-refractivity contribution is 7.92. The molecule has 0 bridgehead atoms. The number of hydrogen-bond donors (Lipinski definition) is 1. The predicted molar refractivity (Wildman–Crippen MR) is 159 cm³/mol. The molecule has 0 saturated heterocycles. The lowest BCUT2D eigenvalue weighted by Crippen LogP contribution is -2.51. The van der Waals surface area contributed by atoms with Gasteiger partial charge < -0.3 is 15.0 Å². The lowest BCUT2D eigenvalue weighted by molar-refractivity contribution is -0.139. The predicted octanol–water partition coefficient (Wildman–Crippen LogP) is 5.02. The van der Waals surface area contributed by atoms with Crippen molar-refractivity contribution in [2.24, 2.45) is 0 Å². The van der Waals surface area contributed by atoms with Crippen LogP contribution >= 0.6 is 11.6 Å². The number of ether oxygens (including phenoxy) is 1. The fourth-order valence-electron chi connectivity index (χ4n) is 3.99. The van der Waals surface area contributed by atoms with Crippen molar-refractivity contribution in [3.8, 4) is 5.75 Å². The van der Waals surface area contributed by atoms with Crippen molar-refractivity contribution in [2.45, 2.75) is 45.9 Å². The van der Waals surface area contributed by atoms with Crippen molar-refractivity contribution in [1.82, 2.24) is 10.2 Å². The third kappa shape index (κ3) is 8.99. The minimum Gasteiger partial charge on any atom is -0.489 e. The second-order valence-corrected chi connectivity index (χ2v) is 11.8. The molecule has 1 atom stereocenters. The van der Waals surface area contributed by atoms with E-state index in [-0.39, 0.29) is 12.5 Å². The van der Waals surface area contributed by atoms with Crippen LogP contribution in [-0.4, -0.2) is 50.5 Å². The summed E-state index contributed by atoms with van der Waals surface area (Å²) in [6, 6.07) is 22.4. The highest BCUT2D eigenvalue weighted by Gasteiger charge is 2.30. The number of unbranched alkanes of at least 4 members (excludes halogenated alkanes) is 1. The van der Waals surface area contributed by atoms with E-state index in [0.29, 0.717) is 35.2 Å². The minimum absolute atomic E-state index is 0.0464. The number of anilines is 1. The Labute approximate surface area is 241 Å². The van der Waals surface area contributed by atoms with Crippen LogP contribution in [0.4, 0.5) is 5.69 Å². The molecule has 0 aliphatic carbocycles. The van der Waals surface area contributed by atoms with Gasteiger partial charge in [0.25, 0.3) is 0 Å². The largest absolute Gasteiger partial charge is 0.489 e. The molecule has 0 aliphatic heterocycles. The van der Waals surface area contributed by atoms with Crippen LogP contribution in [0.5, 0.6) is 5.75 Å². The zero-order chi connectivity index (χ0) is 29.1. The number of nitrogens with zero attached hydrogens (tertiary/aromatic N) is 2. The normalized spacial score (nSPS) is 11.9. The molecular formula is C30H36ClN3O5S. The van der Waals surface area contributed by atoms with E-state index >= 15 is 0 Å². The van der Waals surface area contributed by atoms with Gasteiger partial charge in [0, 0.05) is 18.1 Å². The molecule has 2 amide bonds. The van der Waals surface area contributed by atoms with Crippen LogP contribution in [0.1, 0.15) is 37.8 Å². The summed E-state index contributed by atoms with van der Waals surface area (Å²) in [5.41, 5.74) is 1.96. The van der Waals surface area contributed by atoms with E-state index in [9.17, 15) is 18.0 Å². The van der Waals surface area contributed by atoms with Crippen LogP contribution in [0.25, 0.3) is 0 Å². The van der Waals surface area contributed by atoms with Gasteiger partial charge in [-0.25, -0.2) is 8.42 Å². The summed E-state index contributed by atoms with van der Waals surface area (Å²) < 4.78 is 32.4. The van der Waals surface area contributed by atoms with Crippen molar-refractivity contribution in [3.63, 3.8) is 0 Å². The number of halogens is 1. The molecule has 3 rings (SSSR count). The molecule has 3 aromatic rings. The molecule has 1 N–H and O–H groups in total. The summed E-state index contributed by atoms with van der Waals surface area (Å²) in [5.74, 6) is -0.294. The molecule has 10 heteroatoms. The summed E-state index contributed by atoms with van der Waals surface area (Å²) in [7, 11) is -3.84. The zero-order valence-corrected chi connectivity index (χ0v) is 24.6. The van der Waals surface area contributed by atoms with E-state index in [1.165, 1.54) is 4.90 Å². The van der Waals surface area contributed by atoms with Gasteiger partial charge in [0.1, 0.15) is 24.9 Å². The van der Waals surface area contributed by atoms with Crippen LogP contribution in [0.2, 0.25) is 5.02 Å². The quantitative estimate of drug-likeness (QED) is 0.268. The molecule has 0 unspecified atom stereocenters. The number of carbonyl (C=O) groups is 2. The van der Waals surface area contributed by atoms with Gasteiger partial charge in [0.15, 0.2) is 0 Å². The molecular weight excluding hydrogens is 550 g/mol. The SMILES string of the molecule is CCCCNC(=O)[C@@H](C)N(Cc1ccccc1Cl)C(=O)CN(c1ccc(OCc2ccccc2)cc1)S(C)(=O)=O. The van der Waals surface area contributed by atoms with Gasteiger partial charge in [-0.1, -0.05) is 73.5 Å². The monoisotopic (exact) mass is 585 g/mol. The van der Waals surface area contributed by atoms with Gasteiger partial charge in [-0.3, -0.25) is 13.9 Å². The first-order valence-corrected chi connectivity index (χ1v) is 15.4. The lowest BCUT2D eigenvalue weighted by Gasteiger charge is -2.31.